The summed E-state index contributed by atoms with van der Waals surface area (Å²) in [6.07, 6.45) is 0. The van der Waals surface area contributed by atoms with Crippen LogP contribution in [0.3, 0.4) is 0 Å². The molecule has 0 radical (unpaired) electrons. The SMILES string of the molecule is c1ccc(N(c2ccccc2)c2ccc3c(c2)oc2ccc(N(c4ccc5oc6ccccc6c5c4)c4ccc5oc6ccc(N(c7ccccc7)c7ccccc7)cc6c5c4)cc23)cc1. The standard InChI is InChI=1S/C60H39N3O3/c1-5-15-40(16-6-1)61(41-17-7-2-8-18-41)44-26-33-58-53(37-44)54-38-47(29-34-59(54)65-58)63(45-27-31-56-51(35-45)49-23-13-14-24-55(49)64-56)46-28-32-57-52(36-46)50-30-25-48(39-60(50)66-57)62(42-19-9-3-10-20-42)43-21-11-4-12-22-43/h1-39H. The minimum atomic E-state index is 0.816. The molecule has 0 atom stereocenters. The van der Waals surface area contributed by atoms with Crippen LogP contribution >= 0.6 is 0 Å². The summed E-state index contributed by atoms with van der Waals surface area (Å²) in [6.45, 7) is 0. The second-order valence-electron chi connectivity index (χ2n) is 16.6. The molecule has 0 bridgehead atoms. The highest BCUT2D eigenvalue weighted by atomic mass is 16.3. The number of benzene rings is 10. The van der Waals surface area contributed by atoms with Crippen LogP contribution in [0.1, 0.15) is 0 Å². The second kappa shape index (κ2) is 15.4. The first-order chi connectivity index (χ1) is 32.7. The van der Waals surface area contributed by atoms with Crippen molar-refractivity contribution < 1.29 is 13.3 Å². The number of anilines is 9. The van der Waals surface area contributed by atoms with Gasteiger partial charge in [-0.1, -0.05) is 91.0 Å². The summed E-state index contributed by atoms with van der Waals surface area (Å²) < 4.78 is 19.5. The first-order valence-corrected chi connectivity index (χ1v) is 22.1. The summed E-state index contributed by atoms with van der Waals surface area (Å²) in [6, 6.07) is 82.5. The molecule has 0 unspecified atom stereocenters. The smallest absolute Gasteiger partial charge is 0.137 e. The van der Waals surface area contributed by atoms with Crippen LogP contribution in [-0.4, -0.2) is 0 Å². The molecule has 0 aliphatic heterocycles. The van der Waals surface area contributed by atoms with E-state index in [1.54, 1.807) is 0 Å². The Morgan fingerprint density at radius 3 is 0.864 bits per heavy atom. The topological polar surface area (TPSA) is 49.1 Å². The molecule has 13 rings (SSSR count). The molecule has 0 fully saturated rings. The van der Waals surface area contributed by atoms with E-state index in [-0.39, 0.29) is 0 Å². The number of para-hydroxylation sites is 5. The lowest BCUT2D eigenvalue weighted by Gasteiger charge is -2.26. The molecule has 3 heterocycles. The minimum absolute atomic E-state index is 0.816. The van der Waals surface area contributed by atoms with Gasteiger partial charge in [-0.05, 0) is 140 Å². The fourth-order valence-corrected chi connectivity index (χ4v) is 9.57. The minimum Gasteiger partial charge on any atom is -0.456 e. The Morgan fingerprint density at radius 1 is 0.182 bits per heavy atom. The number of nitrogens with zero attached hydrogens (tertiary/aromatic N) is 3. The highest BCUT2D eigenvalue weighted by Crippen LogP contribution is 2.45. The van der Waals surface area contributed by atoms with Crippen molar-refractivity contribution in [1.29, 1.82) is 0 Å². The normalized spacial score (nSPS) is 11.6. The molecule has 0 N–H and O–H groups in total. The van der Waals surface area contributed by atoms with Gasteiger partial charge in [-0.3, -0.25) is 0 Å². The van der Waals surface area contributed by atoms with Crippen LogP contribution in [0.15, 0.2) is 250 Å². The summed E-state index contributed by atoms with van der Waals surface area (Å²) in [5.74, 6) is 0. The number of furan rings is 3. The maximum absolute atomic E-state index is 6.67. The molecule has 0 saturated carbocycles. The number of hydrogen-bond donors (Lipinski definition) is 0. The van der Waals surface area contributed by atoms with Gasteiger partial charge in [0.2, 0.25) is 0 Å². The summed E-state index contributed by atoms with van der Waals surface area (Å²) in [7, 11) is 0. The third-order valence-electron chi connectivity index (χ3n) is 12.6. The highest BCUT2D eigenvalue weighted by molar-refractivity contribution is 6.11. The molecule has 0 aliphatic carbocycles. The maximum atomic E-state index is 6.67. The van der Waals surface area contributed by atoms with Gasteiger partial charge in [-0.25, -0.2) is 0 Å². The van der Waals surface area contributed by atoms with E-state index in [0.717, 1.165) is 117 Å². The molecule has 10 aromatic carbocycles. The molecule has 0 saturated heterocycles. The van der Waals surface area contributed by atoms with Crippen LogP contribution in [0.5, 0.6) is 0 Å². The van der Waals surface area contributed by atoms with Gasteiger partial charge in [0.05, 0.1) is 0 Å². The van der Waals surface area contributed by atoms with Crippen molar-refractivity contribution in [2.45, 2.75) is 0 Å². The van der Waals surface area contributed by atoms with E-state index < -0.39 is 0 Å². The van der Waals surface area contributed by atoms with Gasteiger partial charge in [0, 0.05) is 89.6 Å². The van der Waals surface area contributed by atoms with Gasteiger partial charge in [0.1, 0.15) is 33.5 Å². The number of rotatable bonds is 9. The number of hydrogen-bond acceptors (Lipinski definition) is 6. The van der Waals surface area contributed by atoms with Crippen molar-refractivity contribution in [1.82, 2.24) is 0 Å². The predicted molar refractivity (Wildman–Crippen MR) is 272 cm³/mol. The molecule has 312 valence electrons. The molecule has 13 aromatic rings. The monoisotopic (exact) mass is 849 g/mol. The zero-order valence-electron chi connectivity index (χ0n) is 35.6. The van der Waals surface area contributed by atoms with E-state index in [1.807, 2.05) is 24.3 Å². The lowest BCUT2D eigenvalue weighted by Crippen LogP contribution is -2.10. The highest BCUT2D eigenvalue weighted by Gasteiger charge is 2.22. The first kappa shape index (κ1) is 37.5. The van der Waals surface area contributed by atoms with Crippen LogP contribution in [0.25, 0.3) is 65.8 Å². The molecule has 0 amide bonds. The molecule has 3 aromatic heterocycles. The Morgan fingerprint density at radius 2 is 0.455 bits per heavy atom. The Bertz CT molecular complexity index is 3820. The predicted octanol–water partition coefficient (Wildman–Crippen LogP) is 17.8. The van der Waals surface area contributed by atoms with Gasteiger partial charge in [0.15, 0.2) is 0 Å². The van der Waals surface area contributed by atoms with Gasteiger partial charge in [-0.2, -0.15) is 0 Å². The second-order valence-corrected chi connectivity index (χ2v) is 16.6. The fourth-order valence-electron chi connectivity index (χ4n) is 9.57. The van der Waals surface area contributed by atoms with Crippen molar-refractivity contribution in [3.8, 4) is 0 Å². The van der Waals surface area contributed by atoms with Crippen molar-refractivity contribution in [3.63, 3.8) is 0 Å². The van der Waals surface area contributed by atoms with Gasteiger partial charge in [0.25, 0.3) is 0 Å². The molecular formula is C60H39N3O3. The van der Waals surface area contributed by atoms with E-state index in [9.17, 15) is 0 Å². The lowest BCUT2D eigenvalue weighted by molar-refractivity contribution is 0.668. The van der Waals surface area contributed by atoms with Gasteiger partial charge >= 0.3 is 0 Å². The zero-order valence-corrected chi connectivity index (χ0v) is 35.6. The van der Waals surface area contributed by atoms with E-state index in [0.29, 0.717) is 0 Å². The van der Waals surface area contributed by atoms with E-state index in [2.05, 4.69) is 227 Å². The molecule has 6 nitrogen and oxygen atoms in total. The van der Waals surface area contributed by atoms with Crippen LogP contribution in [0, 0.1) is 0 Å². The van der Waals surface area contributed by atoms with Crippen molar-refractivity contribution in [3.05, 3.63) is 237 Å². The van der Waals surface area contributed by atoms with Crippen molar-refractivity contribution in [2.75, 3.05) is 14.7 Å². The quantitative estimate of drug-likeness (QED) is 0.144. The van der Waals surface area contributed by atoms with Crippen LogP contribution in [0.2, 0.25) is 0 Å². The van der Waals surface area contributed by atoms with Crippen LogP contribution in [-0.2, 0) is 0 Å². The first-order valence-electron chi connectivity index (χ1n) is 22.1. The Kier molecular flexibility index (Phi) is 8.74. The van der Waals surface area contributed by atoms with Crippen molar-refractivity contribution >= 4 is 117 Å². The summed E-state index contributed by atoms with van der Waals surface area (Å²) in [4.78, 5) is 6.87. The van der Waals surface area contributed by atoms with Gasteiger partial charge in [-0.15, -0.1) is 0 Å². The summed E-state index contributed by atoms with van der Waals surface area (Å²) >= 11 is 0. The molecule has 66 heavy (non-hydrogen) atoms. The maximum Gasteiger partial charge on any atom is 0.137 e. The average molecular weight is 850 g/mol. The molecular weight excluding hydrogens is 811 g/mol. The summed E-state index contributed by atoms with van der Waals surface area (Å²) in [5.41, 5.74) is 14.3. The third kappa shape index (κ3) is 6.34. The molecule has 0 spiro atoms. The zero-order chi connectivity index (χ0) is 43.6. The Labute approximate surface area is 380 Å². The van der Waals surface area contributed by atoms with Crippen molar-refractivity contribution in [2.24, 2.45) is 0 Å². The molecule has 0 aliphatic rings. The van der Waals surface area contributed by atoms with E-state index in [4.69, 9.17) is 13.3 Å². The Balaban J connectivity index is 0.974. The van der Waals surface area contributed by atoms with Crippen LogP contribution < -0.4 is 14.7 Å². The van der Waals surface area contributed by atoms with E-state index >= 15 is 0 Å². The molecule has 6 heteroatoms. The number of fused-ring (bicyclic) bond motifs is 9. The largest absolute Gasteiger partial charge is 0.456 e. The van der Waals surface area contributed by atoms with E-state index in [1.165, 1.54) is 0 Å². The Hall–Kier alpha value is -9.00. The third-order valence-corrected chi connectivity index (χ3v) is 12.6. The summed E-state index contributed by atoms with van der Waals surface area (Å²) in [5, 5.41) is 6.25. The van der Waals surface area contributed by atoms with Crippen LogP contribution in [0.4, 0.5) is 51.2 Å². The lowest BCUT2D eigenvalue weighted by atomic mass is 10.1. The fraction of sp³-hybridized carbons (Fsp3) is 0. The average Bonchev–Trinajstić information content (AvgIpc) is 4.06. The van der Waals surface area contributed by atoms with Gasteiger partial charge < -0.3 is 28.0 Å².